The van der Waals surface area contributed by atoms with Crippen molar-refractivity contribution in [1.29, 1.82) is 0 Å². The van der Waals surface area contributed by atoms with Gasteiger partial charge in [-0.05, 0) is 12.1 Å². The van der Waals surface area contributed by atoms with Crippen LogP contribution in [0.2, 0.25) is 0 Å². The second-order valence-electron chi connectivity index (χ2n) is 6.65. The number of aromatic nitrogens is 3. The Bertz CT molecular complexity index is 1010. The second-order valence-corrected chi connectivity index (χ2v) is 6.65. The molecule has 0 spiro atoms. The molecule has 2 aromatic heterocycles. The van der Waals surface area contributed by atoms with Gasteiger partial charge in [-0.3, -0.25) is 19.8 Å². The van der Waals surface area contributed by atoms with E-state index in [4.69, 9.17) is 5.73 Å². The number of anilines is 1. The number of carbonyl (C=O) groups is 1. The number of hydrogen-bond donors (Lipinski definition) is 2. The van der Waals surface area contributed by atoms with E-state index in [9.17, 15) is 14.9 Å². The van der Waals surface area contributed by atoms with E-state index in [2.05, 4.69) is 19.9 Å². The molecule has 1 amide bonds. The summed E-state index contributed by atoms with van der Waals surface area (Å²) in [5, 5.41) is 10.9. The van der Waals surface area contributed by atoms with E-state index in [-0.39, 0.29) is 11.3 Å². The molecule has 4 rings (SSSR count). The van der Waals surface area contributed by atoms with E-state index in [1.807, 2.05) is 29.2 Å². The Balaban J connectivity index is 1.45. The monoisotopic (exact) mass is 381 g/mol. The van der Waals surface area contributed by atoms with Crippen molar-refractivity contribution in [3.05, 3.63) is 58.0 Å². The first-order valence-electron chi connectivity index (χ1n) is 8.86. The summed E-state index contributed by atoms with van der Waals surface area (Å²) in [4.78, 5) is 38.3. The molecular weight excluding hydrogens is 362 g/mol. The molecule has 0 saturated carbocycles. The van der Waals surface area contributed by atoms with Crippen LogP contribution in [-0.4, -0.2) is 56.9 Å². The van der Waals surface area contributed by atoms with E-state index in [1.165, 1.54) is 6.07 Å². The molecule has 28 heavy (non-hydrogen) atoms. The predicted octanol–water partition coefficient (Wildman–Crippen LogP) is 1.29. The van der Waals surface area contributed by atoms with Crippen molar-refractivity contribution in [3.8, 4) is 0 Å². The molecule has 3 heterocycles. The Kier molecular flexibility index (Phi) is 4.62. The number of nitrogens with one attached hydrogen (secondary N) is 1. The highest BCUT2D eigenvalue weighted by molar-refractivity contribution is 5.98. The van der Waals surface area contributed by atoms with E-state index in [0.717, 1.165) is 36.1 Å². The molecule has 1 saturated heterocycles. The number of H-pyrrole nitrogens is 1. The molecule has 3 aromatic rings. The van der Waals surface area contributed by atoms with E-state index in [0.29, 0.717) is 25.5 Å². The largest absolute Gasteiger partial charge is 0.365 e. The highest BCUT2D eigenvalue weighted by Crippen LogP contribution is 2.23. The van der Waals surface area contributed by atoms with Crippen LogP contribution >= 0.6 is 0 Å². The highest BCUT2D eigenvalue weighted by atomic mass is 16.6. The Morgan fingerprint density at radius 3 is 2.68 bits per heavy atom. The fourth-order valence-corrected chi connectivity index (χ4v) is 3.39. The number of carbonyl (C=O) groups excluding carboxylic acids is 1. The number of aromatic amines is 1. The van der Waals surface area contributed by atoms with Gasteiger partial charge in [0.05, 0.1) is 28.1 Å². The van der Waals surface area contributed by atoms with Crippen LogP contribution in [0.15, 0.2) is 36.5 Å². The van der Waals surface area contributed by atoms with Gasteiger partial charge >= 0.3 is 0 Å². The molecule has 10 heteroatoms. The normalized spacial score (nSPS) is 15.1. The highest BCUT2D eigenvalue weighted by Gasteiger charge is 2.24. The quantitative estimate of drug-likeness (QED) is 0.502. The van der Waals surface area contributed by atoms with Crippen molar-refractivity contribution in [1.82, 2.24) is 19.9 Å². The third-order valence-electron chi connectivity index (χ3n) is 4.81. The topological polar surface area (TPSA) is 134 Å². The molecule has 144 valence electrons. The SMILES string of the molecule is NC(=O)c1cc([N+](=O)[O-])cnc1N1CCN(Cc2nc3ccccc3[nH]2)CC1. The molecule has 10 nitrogen and oxygen atoms in total. The van der Waals surface area contributed by atoms with Gasteiger partial charge in [-0.15, -0.1) is 0 Å². The molecule has 1 fully saturated rings. The zero-order chi connectivity index (χ0) is 19.7. The van der Waals surface area contributed by atoms with Gasteiger partial charge in [0.25, 0.3) is 11.6 Å². The Morgan fingerprint density at radius 1 is 1.25 bits per heavy atom. The maximum absolute atomic E-state index is 11.7. The number of para-hydroxylation sites is 2. The average molecular weight is 381 g/mol. The maximum atomic E-state index is 11.7. The van der Waals surface area contributed by atoms with E-state index < -0.39 is 10.8 Å². The van der Waals surface area contributed by atoms with Gasteiger partial charge in [0, 0.05) is 32.2 Å². The first kappa shape index (κ1) is 17.9. The van der Waals surface area contributed by atoms with Crippen molar-refractivity contribution in [2.45, 2.75) is 6.54 Å². The Morgan fingerprint density at radius 2 is 2.00 bits per heavy atom. The number of piperazine rings is 1. The molecule has 3 N–H and O–H groups in total. The summed E-state index contributed by atoms with van der Waals surface area (Å²) in [7, 11) is 0. The fraction of sp³-hybridized carbons (Fsp3) is 0.278. The lowest BCUT2D eigenvalue weighted by atomic mass is 10.2. The van der Waals surface area contributed by atoms with Crippen molar-refractivity contribution < 1.29 is 9.72 Å². The van der Waals surface area contributed by atoms with Crippen LogP contribution in [-0.2, 0) is 6.54 Å². The lowest BCUT2D eigenvalue weighted by molar-refractivity contribution is -0.385. The van der Waals surface area contributed by atoms with Gasteiger partial charge < -0.3 is 15.6 Å². The van der Waals surface area contributed by atoms with Crippen molar-refractivity contribution in [2.75, 3.05) is 31.1 Å². The number of amides is 1. The molecule has 1 aliphatic rings. The van der Waals surface area contributed by atoms with Gasteiger partial charge in [-0.2, -0.15) is 0 Å². The molecule has 1 aromatic carbocycles. The number of hydrogen-bond acceptors (Lipinski definition) is 7. The maximum Gasteiger partial charge on any atom is 0.288 e. The van der Waals surface area contributed by atoms with Crippen LogP contribution < -0.4 is 10.6 Å². The van der Waals surface area contributed by atoms with Gasteiger partial charge in [-0.25, -0.2) is 9.97 Å². The minimum absolute atomic E-state index is 0.0694. The van der Waals surface area contributed by atoms with Gasteiger partial charge in [0.15, 0.2) is 0 Å². The van der Waals surface area contributed by atoms with Crippen LogP contribution in [0, 0.1) is 10.1 Å². The number of fused-ring (bicyclic) bond motifs is 1. The third kappa shape index (κ3) is 3.49. The number of rotatable bonds is 5. The summed E-state index contributed by atoms with van der Waals surface area (Å²) in [6, 6.07) is 9.08. The molecule has 0 radical (unpaired) electrons. The van der Waals surface area contributed by atoms with Crippen molar-refractivity contribution >= 4 is 28.4 Å². The average Bonchev–Trinajstić information content (AvgIpc) is 3.10. The number of imidazole rings is 1. The summed E-state index contributed by atoms with van der Waals surface area (Å²) in [5.41, 5.74) is 7.18. The van der Waals surface area contributed by atoms with Crippen LogP contribution in [0.25, 0.3) is 11.0 Å². The molecule has 1 aliphatic heterocycles. The smallest absolute Gasteiger partial charge is 0.288 e. The van der Waals surface area contributed by atoms with Crippen molar-refractivity contribution in [3.63, 3.8) is 0 Å². The summed E-state index contributed by atoms with van der Waals surface area (Å²) in [6.07, 6.45) is 1.16. The minimum atomic E-state index is -0.726. The molecule has 0 bridgehead atoms. The van der Waals surface area contributed by atoms with Crippen molar-refractivity contribution in [2.24, 2.45) is 5.73 Å². The second kappa shape index (κ2) is 7.24. The predicted molar refractivity (Wildman–Crippen MR) is 103 cm³/mol. The van der Waals surface area contributed by atoms with Gasteiger partial charge in [0.1, 0.15) is 17.8 Å². The number of pyridine rings is 1. The number of primary amides is 1. The minimum Gasteiger partial charge on any atom is -0.365 e. The first-order valence-corrected chi connectivity index (χ1v) is 8.86. The molecule has 0 aliphatic carbocycles. The zero-order valence-corrected chi connectivity index (χ0v) is 15.0. The fourth-order valence-electron chi connectivity index (χ4n) is 3.39. The summed E-state index contributed by atoms with van der Waals surface area (Å²) in [6.45, 7) is 3.44. The standard InChI is InChI=1S/C18H19N7O3/c19-17(26)13-9-12(25(27)28)10-20-18(13)24-7-5-23(6-8-24)11-16-21-14-3-1-2-4-15(14)22-16/h1-4,9-10H,5-8,11H2,(H2,19,26)(H,21,22). The number of nitrogens with two attached hydrogens (primary N) is 1. The Hall–Kier alpha value is -3.53. The lowest BCUT2D eigenvalue weighted by Gasteiger charge is -2.35. The van der Waals surface area contributed by atoms with Gasteiger partial charge in [0.2, 0.25) is 0 Å². The number of nitrogens with zero attached hydrogens (tertiary/aromatic N) is 5. The summed E-state index contributed by atoms with van der Waals surface area (Å²) < 4.78 is 0. The Labute approximate surface area is 160 Å². The molecular formula is C18H19N7O3. The van der Waals surface area contributed by atoms with E-state index in [1.54, 1.807) is 0 Å². The van der Waals surface area contributed by atoms with Crippen LogP contribution in [0.4, 0.5) is 11.5 Å². The summed E-state index contributed by atoms with van der Waals surface area (Å²) in [5.74, 6) is 0.568. The number of nitro groups is 1. The lowest BCUT2D eigenvalue weighted by Crippen LogP contribution is -2.47. The third-order valence-corrected chi connectivity index (χ3v) is 4.81. The summed E-state index contributed by atoms with van der Waals surface area (Å²) >= 11 is 0. The van der Waals surface area contributed by atoms with Crippen LogP contribution in [0.3, 0.4) is 0 Å². The van der Waals surface area contributed by atoms with Crippen LogP contribution in [0.5, 0.6) is 0 Å². The van der Waals surface area contributed by atoms with Gasteiger partial charge in [-0.1, -0.05) is 12.1 Å². The number of benzene rings is 1. The zero-order valence-electron chi connectivity index (χ0n) is 15.0. The first-order chi connectivity index (χ1) is 13.5. The van der Waals surface area contributed by atoms with Crippen LogP contribution in [0.1, 0.15) is 16.2 Å². The molecule has 0 unspecified atom stereocenters. The molecule has 0 atom stereocenters. The van der Waals surface area contributed by atoms with E-state index >= 15 is 0 Å².